The smallest absolute Gasteiger partial charge is 0.243 e. The van der Waals surface area contributed by atoms with E-state index in [1.54, 1.807) is 19.0 Å². The molecule has 6 heteroatoms. The lowest BCUT2D eigenvalue weighted by molar-refractivity contribution is -0.127. The molecule has 0 aromatic heterocycles. The highest BCUT2D eigenvalue weighted by Gasteiger charge is 2.35. The minimum atomic E-state index is 0.0112. The highest BCUT2D eigenvalue weighted by molar-refractivity contribution is 5.84. The summed E-state index contributed by atoms with van der Waals surface area (Å²) in [5.74, 6) is 0.743. The van der Waals surface area contributed by atoms with E-state index in [-0.39, 0.29) is 18.6 Å². The van der Waals surface area contributed by atoms with Crippen molar-refractivity contribution in [3.05, 3.63) is 0 Å². The minimum absolute atomic E-state index is 0.0112. The van der Waals surface area contributed by atoms with E-state index in [1.807, 2.05) is 0 Å². The second-order valence-electron chi connectivity index (χ2n) is 7.03. The van der Waals surface area contributed by atoms with Crippen LogP contribution in [0.2, 0.25) is 0 Å². The first kappa shape index (κ1) is 18.0. The van der Waals surface area contributed by atoms with Crippen molar-refractivity contribution in [1.82, 2.24) is 15.5 Å². The second kappa shape index (κ2) is 8.52. The average Bonchev–Trinajstić information content (AvgIpc) is 3.01. The Hall–Kier alpha value is -1.30. The van der Waals surface area contributed by atoms with Gasteiger partial charge in [-0.05, 0) is 37.5 Å². The fraction of sp³-hybridized carbons (Fsp3) is 0.882. The topological polar surface area (TPSA) is 66.0 Å². The summed E-state index contributed by atoms with van der Waals surface area (Å²) in [6, 6.07) is 0. The Labute approximate surface area is 140 Å². The molecular weight excluding hydrogens is 292 g/mol. The van der Waals surface area contributed by atoms with Crippen molar-refractivity contribution in [2.24, 2.45) is 10.4 Å². The van der Waals surface area contributed by atoms with E-state index < -0.39 is 0 Å². The lowest BCUT2D eigenvalue weighted by atomic mass is 9.67. The number of likely N-dealkylation sites (N-methyl/N-ethyl adjacent to an activating group) is 1. The molecule has 0 aromatic rings. The van der Waals surface area contributed by atoms with E-state index in [9.17, 15) is 4.79 Å². The zero-order chi connectivity index (χ0) is 16.7. The first-order valence-electron chi connectivity index (χ1n) is 8.88. The van der Waals surface area contributed by atoms with E-state index in [0.717, 1.165) is 38.5 Å². The third-order valence-electron chi connectivity index (χ3n) is 5.19. The first-order chi connectivity index (χ1) is 11.0. The number of hydrogen-bond donors (Lipinski definition) is 2. The molecule has 132 valence electrons. The van der Waals surface area contributed by atoms with Crippen LogP contribution in [0.25, 0.3) is 0 Å². The third kappa shape index (κ3) is 5.37. The summed E-state index contributed by atoms with van der Waals surface area (Å²) >= 11 is 0. The molecule has 2 fully saturated rings. The van der Waals surface area contributed by atoms with Crippen molar-refractivity contribution >= 4 is 11.9 Å². The summed E-state index contributed by atoms with van der Waals surface area (Å²) in [6.45, 7) is 4.96. The number of rotatable bonds is 7. The monoisotopic (exact) mass is 324 g/mol. The number of guanidine groups is 1. The van der Waals surface area contributed by atoms with Crippen LogP contribution in [0.3, 0.4) is 0 Å². The molecule has 1 heterocycles. The Morgan fingerprint density at radius 1 is 1.30 bits per heavy atom. The van der Waals surface area contributed by atoms with Crippen molar-refractivity contribution in [3.63, 3.8) is 0 Å². The van der Waals surface area contributed by atoms with Crippen LogP contribution in [0.5, 0.6) is 0 Å². The fourth-order valence-electron chi connectivity index (χ4n) is 3.08. The molecule has 2 N–H and O–H groups in total. The zero-order valence-electron chi connectivity index (χ0n) is 14.9. The van der Waals surface area contributed by atoms with Crippen LogP contribution >= 0.6 is 0 Å². The SMILES string of the molecule is CCC1(CNC(=NCC(=O)N(C)C)NCC2CCCO2)CCC1. The maximum Gasteiger partial charge on any atom is 0.243 e. The van der Waals surface area contributed by atoms with Gasteiger partial charge in [0.25, 0.3) is 0 Å². The van der Waals surface area contributed by atoms with Crippen molar-refractivity contribution in [2.75, 3.05) is 40.3 Å². The van der Waals surface area contributed by atoms with E-state index in [1.165, 1.54) is 25.7 Å². The van der Waals surface area contributed by atoms with E-state index >= 15 is 0 Å². The molecule has 23 heavy (non-hydrogen) atoms. The number of aliphatic imine (C=N–C) groups is 1. The normalized spacial score (nSPS) is 23.3. The number of amides is 1. The minimum Gasteiger partial charge on any atom is -0.376 e. The summed E-state index contributed by atoms with van der Waals surface area (Å²) in [4.78, 5) is 17.8. The summed E-state index contributed by atoms with van der Waals surface area (Å²) in [5, 5.41) is 6.79. The Morgan fingerprint density at radius 3 is 2.61 bits per heavy atom. The number of carbonyl (C=O) groups is 1. The van der Waals surface area contributed by atoms with Crippen molar-refractivity contribution < 1.29 is 9.53 Å². The number of nitrogens with zero attached hydrogens (tertiary/aromatic N) is 2. The molecule has 1 atom stereocenters. The van der Waals surface area contributed by atoms with Crippen molar-refractivity contribution in [3.8, 4) is 0 Å². The van der Waals surface area contributed by atoms with Gasteiger partial charge in [0.1, 0.15) is 6.54 Å². The molecule has 1 aliphatic heterocycles. The zero-order valence-corrected chi connectivity index (χ0v) is 14.9. The highest BCUT2D eigenvalue weighted by atomic mass is 16.5. The third-order valence-corrected chi connectivity index (χ3v) is 5.19. The molecule has 6 nitrogen and oxygen atoms in total. The van der Waals surface area contributed by atoms with Gasteiger partial charge in [-0.2, -0.15) is 0 Å². The van der Waals surface area contributed by atoms with Gasteiger partial charge in [0, 0.05) is 33.8 Å². The standard InChI is InChI=1S/C17H32N4O2/c1-4-17(8-6-9-17)13-20-16(19-12-15(22)21(2)3)18-11-14-7-5-10-23-14/h14H,4-13H2,1-3H3,(H2,18,19,20). The number of carbonyl (C=O) groups excluding carboxylic acids is 1. The number of nitrogens with one attached hydrogen (secondary N) is 2. The van der Waals surface area contributed by atoms with Gasteiger partial charge in [0.15, 0.2) is 5.96 Å². The lowest BCUT2D eigenvalue weighted by Crippen LogP contribution is -2.48. The quantitative estimate of drug-likeness (QED) is 0.548. The van der Waals surface area contributed by atoms with E-state index in [0.29, 0.717) is 5.41 Å². The Bertz CT molecular complexity index is 407. The van der Waals surface area contributed by atoms with Crippen molar-refractivity contribution in [1.29, 1.82) is 0 Å². The number of hydrogen-bond acceptors (Lipinski definition) is 3. The van der Waals surface area contributed by atoms with E-state index in [4.69, 9.17) is 4.74 Å². The van der Waals surface area contributed by atoms with Gasteiger partial charge in [0.2, 0.25) is 5.91 Å². The Kier molecular flexibility index (Phi) is 6.69. The maximum atomic E-state index is 11.8. The summed E-state index contributed by atoms with van der Waals surface area (Å²) in [6.07, 6.45) is 7.56. The molecule has 1 saturated carbocycles. The molecule has 2 aliphatic rings. The van der Waals surface area contributed by atoms with Gasteiger partial charge in [-0.25, -0.2) is 4.99 Å². The fourth-order valence-corrected chi connectivity index (χ4v) is 3.08. The average molecular weight is 324 g/mol. The molecule has 1 unspecified atom stereocenters. The van der Waals surface area contributed by atoms with Gasteiger partial charge in [-0.3, -0.25) is 4.79 Å². The van der Waals surface area contributed by atoms with E-state index in [2.05, 4.69) is 22.5 Å². The molecule has 0 radical (unpaired) electrons. The number of ether oxygens (including phenoxy) is 1. The summed E-state index contributed by atoms with van der Waals surface area (Å²) in [5.41, 5.74) is 0.415. The van der Waals surface area contributed by atoms with Crippen LogP contribution in [0.4, 0.5) is 0 Å². The molecule has 1 amide bonds. The Balaban J connectivity index is 1.86. The van der Waals surface area contributed by atoms with Gasteiger partial charge in [-0.1, -0.05) is 13.3 Å². The molecule has 1 saturated heterocycles. The summed E-state index contributed by atoms with van der Waals surface area (Å²) in [7, 11) is 3.51. The highest BCUT2D eigenvalue weighted by Crippen LogP contribution is 2.42. The van der Waals surface area contributed by atoms with Crippen LogP contribution in [-0.4, -0.2) is 63.2 Å². The molecule has 2 rings (SSSR count). The van der Waals surface area contributed by atoms with Crippen LogP contribution in [0, 0.1) is 5.41 Å². The van der Waals surface area contributed by atoms with Gasteiger partial charge in [0.05, 0.1) is 6.10 Å². The molecule has 1 aliphatic carbocycles. The first-order valence-corrected chi connectivity index (χ1v) is 8.88. The summed E-state index contributed by atoms with van der Waals surface area (Å²) < 4.78 is 5.65. The Morgan fingerprint density at radius 2 is 2.09 bits per heavy atom. The predicted octanol–water partition coefficient (Wildman–Crippen LogP) is 1.37. The maximum absolute atomic E-state index is 11.8. The lowest BCUT2D eigenvalue weighted by Gasteiger charge is -2.41. The largest absolute Gasteiger partial charge is 0.376 e. The molecule has 0 bridgehead atoms. The van der Waals surface area contributed by atoms with Crippen molar-refractivity contribution in [2.45, 2.75) is 51.6 Å². The van der Waals surface area contributed by atoms with Gasteiger partial charge in [-0.15, -0.1) is 0 Å². The molecule has 0 aromatic carbocycles. The van der Waals surface area contributed by atoms with Crippen LogP contribution in [0.1, 0.15) is 45.4 Å². The van der Waals surface area contributed by atoms with Gasteiger partial charge < -0.3 is 20.3 Å². The van der Waals surface area contributed by atoms with Crippen LogP contribution in [0.15, 0.2) is 4.99 Å². The van der Waals surface area contributed by atoms with Gasteiger partial charge >= 0.3 is 0 Å². The van der Waals surface area contributed by atoms with Crippen LogP contribution < -0.4 is 10.6 Å². The molecular formula is C17H32N4O2. The van der Waals surface area contributed by atoms with Crippen LogP contribution in [-0.2, 0) is 9.53 Å². The predicted molar refractivity (Wildman–Crippen MR) is 92.6 cm³/mol. The second-order valence-corrected chi connectivity index (χ2v) is 7.03. The molecule has 0 spiro atoms.